The van der Waals surface area contributed by atoms with E-state index >= 15 is 0 Å². The number of allylic oxidation sites excluding steroid dienone is 12. The van der Waals surface area contributed by atoms with Gasteiger partial charge in [-0.2, -0.15) is 0 Å². The van der Waals surface area contributed by atoms with E-state index in [4.69, 9.17) is 14.2 Å². The number of ether oxygens (including phenoxy) is 3. The van der Waals surface area contributed by atoms with Crippen LogP contribution in [-0.4, -0.2) is 37.2 Å². The first kappa shape index (κ1) is 63.8. The van der Waals surface area contributed by atoms with E-state index in [-0.39, 0.29) is 37.5 Å². The average Bonchev–Trinajstić information content (AvgIpc) is 3.33. The van der Waals surface area contributed by atoms with E-state index in [0.29, 0.717) is 19.3 Å². The van der Waals surface area contributed by atoms with Crippen LogP contribution in [0.5, 0.6) is 0 Å². The van der Waals surface area contributed by atoms with Gasteiger partial charge in [0.05, 0.1) is 0 Å². The van der Waals surface area contributed by atoms with Crippen LogP contribution in [0.3, 0.4) is 0 Å². The Bertz CT molecular complexity index is 1260. The Kier molecular flexibility index (Phi) is 52.8. The molecule has 0 aromatic carbocycles. The maximum atomic E-state index is 12.8. The first-order valence-corrected chi connectivity index (χ1v) is 28.4. The minimum Gasteiger partial charge on any atom is -0.462 e. The Morgan fingerprint density at radius 2 is 0.597 bits per heavy atom. The largest absolute Gasteiger partial charge is 0.462 e. The van der Waals surface area contributed by atoms with E-state index in [1.165, 1.54) is 154 Å². The molecule has 0 rings (SSSR count). The smallest absolute Gasteiger partial charge is 0.306 e. The number of hydrogen-bond donors (Lipinski definition) is 0. The van der Waals surface area contributed by atoms with Crippen molar-refractivity contribution >= 4 is 17.9 Å². The molecule has 0 aliphatic carbocycles. The Morgan fingerprint density at radius 1 is 0.313 bits per heavy atom. The van der Waals surface area contributed by atoms with Crippen molar-refractivity contribution in [2.75, 3.05) is 13.2 Å². The molecule has 0 aromatic heterocycles. The van der Waals surface area contributed by atoms with E-state index < -0.39 is 6.10 Å². The van der Waals surface area contributed by atoms with Gasteiger partial charge in [0, 0.05) is 19.3 Å². The van der Waals surface area contributed by atoms with Gasteiger partial charge >= 0.3 is 17.9 Å². The molecule has 0 saturated carbocycles. The minimum absolute atomic E-state index is 0.0910. The van der Waals surface area contributed by atoms with Gasteiger partial charge in [-0.3, -0.25) is 14.4 Å². The summed E-state index contributed by atoms with van der Waals surface area (Å²) in [5, 5.41) is 0. The van der Waals surface area contributed by atoms with E-state index in [1.807, 2.05) is 0 Å². The highest BCUT2D eigenvalue weighted by Crippen LogP contribution is 2.16. The van der Waals surface area contributed by atoms with Crippen LogP contribution in [0.25, 0.3) is 0 Å². The molecular formula is C61H106O6. The van der Waals surface area contributed by atoms with Crippen molar-refractivity contribution in [3.8, 4) is 0 Å². The summed E-state index contributed by atoms with van der Waals surface area (Å²) < 4.78 is 16.8. The van der Waals surface area contributed by atoms with Gasteiger partial charge in [0.15, 0.2) is 6.10 Å². The van der Waals surface area contributed by atoms with Gasteiger partial charge in [0.1, 0.15) is 13.2 Å². The standard InChI is InChI=1S/C61H106O6/c1-4-7-10-13-16-19-22-24-26-28-29-30-31-33-35-37-40-43-46-49-52-55-61(64)67-58(56-65-59(62)53-50-47-44-41-38-21-18-15-12-9-6-3)57-66-60(63)54-51-48-45-42-39-36-34-32-27-25-23-20-17-14-11-8-5-2/h8,11,17,20,24-27,34,36,42,45,58H,4-7,9-10,12-16,18-19,21-23,28-33,35,37-41,43-44,46-57H2,1-3H3/b11-8-,20-17-,26-24-,27-25-,36-34-,45-42-/t58-/m0/s1. The first-order valence-electron chi connectivity index (χ1n) is 28.4. The quantitative estimate of drug-likeness (QED) is 0.0262. The van der Waals surface area contributed by atoms with Crippen LogP contribution in [0, 0.1) is 0 Å². The van der Waals surface area contributed by atoms with Crippen LogP contribution in [0.15, 0.2) is 72.9 Å². The molecule has 0 bridgehead atoms. The van der Waals surface area contributed by atoms with Crippen molar-refractivity contribution in [3.63, 3.8) is 0 Å². The number of hydrogen-bond acceptors (Lipinski definition) is 6. The predicted octanol–water partition coefficient (Wildman–Crippen LogP) is 19.0. The lowest BCUT2D eigenvalue weighted by Crippen LogP contribution is -2.30. The number of unbranched alkanes of at least 4 members (excludes halogenated alkanes) is 28. The van der Waals surface area contributed by atoms with Crippen LogP contribution in [0.1, 0.15) is 278 Å². The van der Waals surface area contributed by atoms with Crippen molar-refractivity contribution < 1.29 is 28.6 Å². The minimum atomic E-state index is -0.796. The second-order valence-corrected chi connectivity index (χ2v) is 18.8. The summed E-state index contributed by atoms with van der Waals surface area (Å²) in [6.45, 7) is 6.48. The monoisotopic (exact) mass is 935 g/mol. The molecule has 6 heteroatoms. The normalized spacial score (nSPS) is 12.6. The van der Waals surface area contributed by atoms with E-state index in [0.717, 1.165) is 77.0 Å². The molecule has 0 N–H and O–H groups in total. The van der Waals surface area contributed by atoms with Gasteiger partial charge in [0.2, 0.25) is 0 Å². The van der Waals surface area contributed by atoms with Gasteiger partial charge in [0.25, 0.3) is 0 Å². The van der Waals surface area contributed by atoms with Crippen LogP contribution in [-0.2, 0) is 28.6 Å². The number of carbonyl (C=O) groups is 3. The summed E-state index contributed by atoms with van der Waals surface area (Å²) in [5.41, 5.74) is 0. The molecule has 67 heavy (non-hydrogen) atoms. The molecule has 0 amide bonds. The molecule has 0 radical (unpaired) electrons. The molecule has 0 aliphatic rings. The maximum Gasteiger partial charge on any atom is 0.306 e. The molecule has 6 nitrogen and oxygen atoms in total. The van der Waals surface area contributed by atoms with E-state index in [2.05, 4.69) is 93.7 Å². The van der Waals surface area contributed by atoms with Crippen LogP contribution >= 0.6 is 0 Å². The van der Waals surface area contributed by atoms with Gasteiger partial charge in [-0.25, -0.2) is 0 Å². The SMILES string of the molecule is CC/C=C\C/C=C\C/C=C\C/C=C\C/C=C\CCCC(=O)OC[C@H](COC(=O)CCCCCCCCCCCCC)OC(=O)CCCCCCCCCCCCC/C=C\CCCCCCCC. The topological polar surface area (TPSA) is 78.9 Å². The number of carbonyl (C=O) groups excluding carboxylic acids is 3. The third kappa shape index (κ3) is 53.7. The number of rotatable bonds is 51. The third-order valence-corrected chi connectivity index (χ3v) is 12.2. The Hall–Kier alpha value is -3.15. The van der Waals surface area contributed by atoms with Crippen molar-refractivity contribution in [2.45, 2.75) is 284 Å². The second-order valence-electron chi connectivity index (χ2n) is 18.8. The van der Waals surface area contributed by atoms with E-state index in [1.54, 1.807) is 0 Å². The fraction of sp³-hybridized carbons (Fsp3) is 0.754. The summed E-state index contributed by atoms with van der Waals surface area (Å²) in [7, 11) is 0. The molecule has 0 fully saturated rings. The lowest BCUT2D eigenvalue weighted by molar-refractivity contribution is -0.167. The van der Waals surface area contributed by atoms with Crippen molar-refractivity contribution in [1.82, 2.24) is 0 Å². The molecule has 0 aromatic rings. The predicted molar refractivity (Wildman–Crippen MR) is 288 cm³/mol. The highest BCUT2D eigenvalue weighted by atomic mass is 16.6. The molecule has 0 spiro atoms. The summed E-state index contributed by atoms with van der Waals surface area (Å²) >= 11 is 0. The zero-order chi connectivity index (χ0) is 48.6. The molecule has 0 unspecified atom stereocenters. The average molecular weight is 936 g/mol. The van der Waals surface area contributed by atoms with Crippen molar-refractivity contribution in [2.24, 2.45) is 0 Å². The Morgan fingerprint density at radius 3 is 0.985 bits per heavy atom. The second kappa shape index (κ2) is 55.4. The fourth-order valence-electron chi connectivity index (χ4n) is 7.94. The highest BCUT2D eigenvalue weighted by molar-refractivity contribution is 5.71. The van der Waals surface area contributed by atoms with Gasteiger partial charge in [-0.15, -0.1) is 0 Å². The summed E-state index contributed by atoms with van der Waals surface area (Å²) in [6.07, 6.45) is 70.4. The van der Waals surface area contributed by atoms with Crippen LogP contribution < -0.4 is 0 Å². The Labute approximate surface area is 414 Å². The third-order valence-electron chi connectivity index (χ3n) is 12.2. The maximum absolute atomic E-state index is 12.8. The molecule has 1 atom stereocenters. The van der Waals surface area contributed by atoms with Gasteiger partial charge in [-0.05, 0) is 83.5 Å². The van der Waals surface area contributed by atoms with Crippen molar-refractivity contribution in [1.29, 1.82) is 0 Å². The van der Waals surface area contributed by atoms with Gasteiger partial charge in [-0.1, -0.05) is 248 Å². The summed E-state index contributed by atoms with van der Waals surface area (Å²) in [4.78, 5) is 38.1. The lowest BCUT2D eigenvalue weighted by Gasteiger charge is -2.18. The summed E-state index contributed by atoms with van der Waals surface area (Å²) in [6, 6.07) is 0. The van der Waals surface area contributed by atoms with Crippen LogP contribution in [0.4, 0.5) is 0 Å². The van der Waals surface area contributed by atoms with E-state index in [9.17, 15) is 14.4 Å². The molecular weight excluding hydrogens is 829 g/mol. The zero-order valence-corrected chi connectivity index (χ0v) is 44.2. The molecule has 0 heterocycles. The van der Waals surface area contributed by atoms with Gasteiger partial charge < -0.3 is 14.2 Å². The first-order chi connectivity index (χ1) is 33.0. The van der Waals surface area contributed by atoms with Crippen LogP contribution in [0.2, 0.25) is 0 Å². The zero-order valence-electron chi connectivity index (χ0n) is 44.2. The van der Waals surface area contributed by atoms with Crippen molar-refractivity contribution in [3.05, 3.63) is 72.9 Å². The number of esters is 3. The molecule has 386 valence electrons. The molecule has 0 saturated heterocycles. The summed E-state index contributed by atoms with van der Waals surface area (Å²) in [5.74, 6) is -0.946. The fourth-order valence-corrected chi connectivity index (χ4v) is 7.94. The Balaban J connectivity index is 4.38. The highest BCUT2D eigenvalue weighted by Gasteiger charge is 2.19. The lowest BCUT2D eigenvalue weighted by atomic mass is 10.0. The molecule has 0 aliphatic heterocycles.